The number of esters is 1. The summed E-state index contributed by atoms with van der Waals surface area (Å²) >= 11 is 0. The van der Waals surface area contributed by atoms with Gasteiger partial charge in [-0.2, -0.15) is 0 Å². The number of nitro benzene ring substituents is 2. The van der Waals surface area contributed by atoms with Crippen LogP contribution in [-0.4, -0.2) is 41.1 Å². The Morgan fingerprint density at radius 2 is 1.12 bits per heavy atom. The highest BCUT2D eigenvalue weighted by molar-refractivity contribution is 5.97. The first-order valence-electron chi connectivity index (χ1n) is 18.3. The highest BCUT2D eigenvalue weighted by Gasteiger charge is 2.52. The Hall–Kier alpha value is -7.09. The number of anilines is 2. The first kappa shape index (κ1) is 38.2. The van der Waals surface area contributed by atoms with Crippen LogP contribution in [0.1, 0.15) is 74.3 Å². The normalized spacial score (nSPS) is 13.2. The fraction of sp³-hybridized carbons (Fsp3) is 0.233. The van der Waals surface area contributed by atoms with Gasteiger partial charge in [-0.25, -0.2) is 14.4 Å². The van der Waals surface area contributed by atoms with Crippen molar-refractivity contribution >= 4 is 40.9 Å². The van der Waals surface area contributed by atoms with Crippen LogP contribution < -0.4 is 9.80 Å². The Morgan fingerprint density at radius 1 is 0.684 bits per heavy atom. The van der Waals surface area contributed by atoms with Crippen LogP contribution in [0.2, 0.25) is 0 Å². The van der Waals surface area contributed by atoms with Crippen molar-refractivity contribution in [3.05, 3.63) is 173 Å². The summed E-state index contributed by atoms with van der Waals surface area (Å²) in [5, 5.41) is 22.1. The summed E-state index contributed by atoms with van der Waals surface area (Å²) in [6, 6.07) is 26.6. The Kier molecular flexibility index (Phi) is 10.2. The Labute approximate surface area is 327 Å². The Bertz CT molecular complexity index is 2310. The van der Waals surface area contributed by atoms with E-state index in [0.717, 1.165) is 33.4 Å². The van der Waals surface area contributed by atoms with Crippen molar-refractivity contribution in [2.24, 2.45) is 0 Å². The summed E-state index contributed by atoms with van der Waals surface area (Å²) < 4.78 is 17.8. The second-order valence-corrected chi connectivity index (χ2v) is 13.8. The number of carbonyl (C=O) groups excluding carboxylic acids is 3. The SMILES string of the molecule is CCN(C(=O)OCc1ccc([N+](=O)[O-])cc1)c1cc2c(cc1C)C1(OC(=O)c3ccccc31)c1cc(C)c(N(CC)C(=O)OCc3ccc([N+](=O)[O-])cc3)cc1C2. The molecule has 7 rings (SSSR count). The molecule has 2 amide bonds. The van der Waals surface area contributed by atoms with Gasteiger partial charge >= 0.3 is 18.2 Å². The maximum atomic E-state index is 13.6. The summed E-state index contributed by atoms with van der Waals surface area (Å²) in [6.45, 7) is 7.77. The third-order valence-electron chi connectivity index (χ3n) is 10.4. The minimum Gasteiger partial charge on any atom is -0.444 e. The number of aryl methyl sites for hydroxylation is 2. The Balaban J connectivity index is 1.24. The van der Waals surface area contributed by atoms with Gasteiger partial charge in [0.1, 0.15) is 13.2 Å². The van der Waals surface area contributed by atoms with Gasteiger partial charge in [0.05, 0.1) is 26.8 Å². The van der Waals surface area contributed by atoms with Gasteiger partial charge in [0.25, 0.3) is 11.4 Å². The summed E-state index contributed by atoms with van der Waals surface area (Å²) in [5.41, 5.74) is 6.65. The van der Waals surface area contributed by atoms with Crippen LogP contribution >= 0.6 is 0 Å². The number of rotatable bonds is 10. The fourth-order valence-corrected chi connectivity index (χ4v) is 7.65. The molecule has 290 valence electrons. The molecule has 1 spiro atoms. The first-order chi connectivity index (χ1) is 27.4. The number of nitrogens with zero attached hydrogens (tertiary/aromatic N) is 4. The molecule has 0 unspecified atom stereocenters. The summed E-state index contributed by atoms with van der Waals surface area (Å²) in [5.74, 6) is -0.470. The number of benzene rings is 5. The van der Waals surface area contributed by atoms with E-state index in [0.29, 0.717) is 40.0 Å². The zero-order chi connectivity index (χ0) is 40.6. The zero-order valence-corrected chi connectivity index (χ0v) is 31.6. The van der Waals surface area contributed by atoms with Gasteiger partial charge in [-0.1, -0.05) is 18.2 Å². The van der Waals surface area contributed by atoms with Crippen LogP contribution in [0.5, 0.6) is 0 Å². The van der Waals surface area contributed by atoms with Crippen LogP contribution in [0.4, 0.5) is 32.3 Å². The molecule has 2 aliphatic rings. The van der Waals surface area contributed by atoms with Crippen molar-refractivity contribution in [1.82, 2.24) is 0 Å². The van der Waals surface area contributed by atoms with Gasteiger partial charge in [0.2, 0.25) is 0 Å². The molecule has 5 aromatic rings. The number of carbonyl (C=O) groups is 3. The largest absolute Gasteiger partial charge is 0.444 e. The molecule has 1 heterocycles. The number of fused-ring (bicyclic) bond motifs is 6. The average molecular weight is 771 g/mol. The maximum absolute atomic E-state index is 13.6. The molecule has 0 atom stereocenters. The number of nitro groups is 2. The van der Waals surface area contributed by atoms with Crippen molar-refractivity contribution in [2.45, 2.75) is 52.9 Å². The molecular weight excluding hydrogens is 732 g/mol. The molecule has 0 saturated heterocycles. The molecule has 14 heteroatoms. The van der Waals surface area contributed by atoms with Gasteiger partial charge in [-0.3, -0.25) is 30.0 Å². The highest BCUT2D eigenvalue weighted by Crippen LogP contribution is 2.54. The standard InChI is InChI=1S/C43H38N4O10/c1-5-44(41(49)55-24-28-11-15-32(16-12-28)46(51)52)38-22-30-21-31-23-39(45(6-2)42(50)56-25-29-13-17-33(18-14-29)47(53)54)27(4)20-37(31)43(36(30)19-26(38)3)35-10-8-7-9-34(35)40(48)57-43/h7-20,22-23H,5-6,21,24-25H2,1-4H3. The number of hydrogen-bond acceptors (Lipinski definition) is 10. The minimum absolute atomic E-state index is 0.0656. The van der Waals surface area contributed by atoms with E-state index in [1.165, 1.54) is 58.3 Å². The number of ether oxygens (including phenoxy) is 3. The van der Waals surface area contributed by atoms with Crippen LogP contribution in [0.25, 0.3) is 0 Å². The molecule has 14 nitrogen and oxygen atoms in total. The first-order valence-corrected chi connectivity index (χ1v) is 18.3. The lowest BCUT2D eigenvalue weighted by atomic mass is 9.70. The molecule has 1 aliphatic heterocycles. The molecule has 57 heavy (non-hydrogen) atoms. The quantitative estimate of drug-likeness (QED) is 0.0578. The third kappa shape index (κ3) is 6.90. The van der Waals surface area contributed by atoms with E-state index in [-0.39, 0.29) is 37.7 Å². The molecule has 0 N–H and O–H groups in total. The second kappa shape index (κ2) is 15.2. The third-order valence-corrected chi connectivity index (χ3v) is 10.4. The van der Waals surface area contributed by atoms with E-state index in [9.17, 15) is 34.6 Å². The Morgan fingerprint density at radius 3 is 1.54 bits per heavy atom. The van der Waals surface area contributed by atoms with E-state index in [1.54, 1.807) is 12.1 Å². The van der Waals surface area contributed by atoms with E-state index in [2.05, 4.69) is 0 Å². The minimum atomic E-state index is -1.32. The smallest absolute Gasteiger partial charge is 0.414 e. The van der Waals surface area contributed by atoms with E-state index < -0.39 is 33.6 Å². The predicted molar refractivity (Wildman–Crippen MR) is 210 cm³/mol. The molecule has 5 aromatic carbocycles. The van der Waals surface area contributed by atoms with Gasteiger partial charge in [0, 0.05) is 54.0 Å². The van der Waals surface area contributed by atoms with Crippen molar-refractivity contribution in [2.75, 3.05) is 22.9 Å². The second-order valence-electron chi connectivity index (χ2n) is 13.8. The summed E-state index contributed by atoms with van der Waals surface area (Å²) in [6.07, 6.45) is -0.838. The average Bonchev–Trinajstić information content (AvgIpc) is 3.50. The molecule has 0 saturated carbocycles. The molecular formula is C43H38N4O10. The van der Waals surface area contributed by atoms with Gasteiger partial charge < -0.3 is 14.2 Å². The fourth-order valence-electron chi connectivity index (χ4n) is 7.65. The lowest BCUT2D eigenvalue weighted by molar-refractivity contribution is -0.385. The molecule has 1 aliphatic carbocycles. The van der Waals surface area contributed by atoms with Crippen molar-refractivity contribution < 1.29 is 38.4 Å². The van der Waals surface area contributed by atoms with Gasteiger partial charge in [-0.05, 0) is 122 Å². The van der Waals surface area contributed by atoms with Crippen molar-refractivity contribution in [3.63, 3.8) is 0 Å². The monoisotopic (exact) mass is 770 g/mol. The molecule has 0 aromatic heterocycles. The zero-order valence-electron chi connectivity index (χ0n) is 31.6. The van der Waals surface area contributed by atoms with E-state index in [4.69, 9.17) is 14.2 Å². The lowest BCUT2D eigenvalue weighted by Gasteiger charge is -2.39. The predicted octanol–water partition coefficient (Wildman–Crippen LogP) is 8.81. The summed E-state index contributed by atoms with van der Waals surface area (Å²) in [4.78, 5) is 65.0. The number of hydrogen-bond donors (Lipinski definition) is 0. The van der Waals surface area contributed by atoms with E-state index >= 15 is 0 Å². The van der Waals surface area contributed by atoms with Crippen molar-refractivity contribution in [3.8, 4) is 0 Å². The lowest BCUT2D eigenvalue weighted by Crippen LogP contribution is -2.37. The molecule has 0 bridgehead atoms. The highest BCUT2D eigenvalue weighted by atomic mass is 16.6. The van der Waals surface area contributed by atoms with Crippen molar-refractivity contribution in [1.29, 1.82) is 0 Å². The van der Waals surface area contributed by atoms with Gasteiger partial charge in [0.15, 0.2) is 5.60 Å². The van der Waals surface area contributed by atoms with Crippen LogP contribution in [0.3, 0.4) is 0 Å². The van der Waals surface area contributed by atoms with Crippen LogP contribution in [-0.2, 0) is 39.4 Å². The topological polar surface area (TPSA) is 172 Å². The van der Waals surface area contributed by atoms with Crippen LogP contribution in [0, 0.1) is 34.1 Å². The molecule has 0 radical (unpaired) electrons. The molecule has 0 fully saturated rings. The van der Waals surface area contributed by atoms with Crippen LogP contribution in [0.15, 0.2) is 97.1 Å². The number of amides is 2. The van der Waals surface area contributed by atoms with Gasteiger partial charge in [-0.15, -0.1) is 0 Å². The summed E-state index contributed by atoms with van der Waals surface area (Å²) in [7, 11) is 0. The van der Waals surface area contributed by atoms with E-state index in [1.807, 2.05) is 64.1 Å². The number of non-ortho nitro benzene ring substituents is 2. The maximum Gasteiger partial charge on any atom is 0.414 e.